The Morgan fingerprint density at radius 1 is 1.12 bits per heavy atom. The molecule has 0 bridgehead atoms. The molecule has 0 atom stereocenters. The van der Waals surface area contributed by atoms with Gasteiger partial charge in [0, 0.05) is 25.0 Å². The number of halogens is 6. The lowest BCUT2D eigenvalue weighted by Gasteiger charge is -2.14. The number of nitrogens with zero attached hydrogens (tertiary/aromatic N) is 1. The first kappa shape index (κ1) is 19.4. The monoisotopic (exact) mass is 529 g/mol. The molecule has 2 rings (SSSR count). The summed E-state index contributed by atoms with van der Waals surface area (Å²) >= 11 is 9.13. The second-order valence-electron chi connectivity index (χ2n) is 4.99. The van der Waals surface area contributed by atoms with Crippen molar-refractivity contribution < 1.29 is 18.0 Å². The average Bonchev–Trinajstić information content (AvgIpc) is 2.47. The summed E-state index contributed by atoms with van der Waals surface area (Å²) in [5.41, 5.74) is -1.59. The zero-order valence-corrected chi connectivity index (χ0v) is 16.8. The molecule has 0 amide bonds. The lowest BCUT2D eigenvalue weighted by Crippen LogP contribution is -2.26. The Morgan fingerprint density at radius 3 is 2.29 bits per heavy atom. The van der Waals surface area contributed by atoms with E-state index >= 15 is 0 Å². The van der Waals surface area contributed by atoms with Gasteiger partial charge in [-0.05, 0) is 17.7 Å². The summed E-state index contributed by atoms with van der Waals surface area (Å²) in [4.78, 5) is 24.9. The summed E-state index contributed by atoms with van der Waals surface area (Å²) in [5.74, 6) is -0.600. The molecule has 0 radical (unpaired) electrons. The summed E-state index contributed by atoms with van der Waals surface area (Å²) in [6.45, 7) is 0. The van der Waals surface area contributed by atoms with Crippen LogP contribution in [-0.2, 0) is 13.2 Å². The number of hydrogen-bond donors (Lipinski definition) is 0. The summed E-state index contributed by atoms with van der Waals surface area (Å²) in [7, 11) is 1.58. The SMILES string of the molecule is Cn1cc(C(=O)C(Br)(Br)Br)c(=O)c(-c2cccc(C(F)(F)F)c2)c1. The van der Waals surface area contributed by atoms with Crippen LogP contribution in [-0.4, -0.2) is 12.5 Å². The highest BCUT2D eigenvalue weighted by molar-refractivity contribution is 9.40. The van der Waals surface area contributed by atoms with Gasteiger partial charge in [0.05, 0.1) is 11.1 Å². The first-order chi connectivity index (χ1) is 10.9. The molecule has 0 unspecified atom stereocenters. The van der Waals surface area contributed by atoms with E-state index in [0.717, 1.165) is 12.1 Å². The zero-order valence-electron chi connectivity index (χ0n) is 12.0. The van der Waals surface area contributed by atoms with Crippen LogP contribution in [0.4, 0.5) is 13.2 Å². The maximum absolute atomic E-state index is 12.9. The van der Waals surface area contributed by atoms with Gasteiger partial charge >= 0.3 is 6.18 Å². The van der Waals surface area contributed by atoms with Crippen molar-refractivity contribution in [3.8, 4) is 11.1 Å². The number of carbonyl (C=O) groups is 1. The lowest BCUT2D eigenvalue weighted by atomic mass is 10.0. The molecule has 0 aliphatic carbocycles. The lowest BCUT2D eigenvalue weighted by molar-refractivity contribution is -0.137. The van der Waals surface area contributed by atoms with Crippen molar-refractivity contribution in [3.63, 3.8) is 0 Å². The molecule has 1 aromatic carbocycles. The molecule has 1 heterocycles. The summed E-state index contributed by atoms with van der Waals surface area (Å²) in [5, 5.41) is 0. The van der Waals surface area contributed by atoms with Crippen LogP contribution in [0.2, 0.25) is 0 Å². The van der Waals surface area contributed by atoms with Crippen molar-refractivity contribution >= 4 is 53.6 Å². The van der Waals surface area contributed by atoms with Crippen LogP contribution in [0, 0.1) is 0 Å². The van der Waals surface area contributed by atoms with E-state index in [-0.39, 0.29) is 16.7 Å². The molecule has 9 heteroatoms. The Balaban J connectivity index is 2.67. The number of ketones is 1. The third-order valence-corrected chi connectivity index (χ3v) is 4.24. The molecule has 0 aliphatic rings. The third-order valence-electron chi connectivity index (χ3n) is 3.16. The molecule has 3 nitrogen and oxygen atoms in total. The molecular weight excluding hydrogens is 523 g/mol. The summed E-state index contributed by atoms with van der Waals surface area (Å²) < 4.78 is 38.7. The van der Waals surface area contributed by atoms with E-state index < -0.39 is 25.1 Å². The minimum Gasteiger partial charge on any atom is -0.356 e. The topological polar surface area (TPSA) is 39.1 Å². The number of hydrogen-bond acceptors (Lipinski definition) is 2. The van der Waals surface area contributed by atoms with Crippen molar-refractivity contribution in [2.45, 2.75) is 8.32 Å². The molecule has 24 heavy (non-hydrogen) atoms. The Labute approximate surface area is 160 Å². The number of aryl methyl sites for hydroxylation is 1. The molecule has 0 N–H and O–H groups in total. The Hall–Kier alpha value is -0.930. The van der Waals surface area contributed by atoms with E-state index in [4.69, 9.17) is 0 Å². The second-order valence-corrected chi connectivity index (χ2v) is 11.7. The van der Waals surface area contributed by atoms with E-state index in [1.807, 2.05) is 0 Å². The van der Waals surface area contributed by atoms with Crippen LogP contribution < -0.4 is 5.43 Å². The highest BCUT2D eigenvalue weighted by atomic mass is 80.0. The van der Waals surface area contributed by atoms with E-state index in [1.165, 1.54) is 29.1 Å². The predicted octanol–water partition coefficient (Wildman–Crippen LogP) is 5.09. The number of aromatic nitrogens is 1. The number of Topliss-reactive ketones (excluding diaryl/α,β-unsaturated/α-hetero) is 1. The number of alkyl halides is 6. The predicted molar refractivity (Wildman–Crippen MR) is 96.0 cm³/mol. The van der Waals surface area contributed by atoms with Crippen LogP contribution in [0.25, 0.3) is 11.1 Å². The smallest absolute Gasteiger partial charge is 0.356 e. The number of benzene rings is 1. The van der Waals surface area contributed by atoms with Crippen molar-refractivity contribution in [1.82, 2.24) is 4.57 Å². The minimum atomic E-state index is -4.52. The molecule has 128 valence electrons. The summed E-state index contributed by atoms with van der Waals surface area (Å²) in [6, 6.07) is 4.41. The number of carbonyl (C=O) groups excluding carboxylic acids is 1. The van der Waals surface area contributed by atoms with Gasteiger partial charge in [0.2, 0.25) is 5.78 Å². The van der Waals surface area contributed by atoms with Crippen LogP contribution in [0.5, 0.6) is 0 Å². The van der Waals surface area contributed by atoms with E-state index in [1.54, 1.807) is 7.05 Å². The van der Waals surface area contributed by atoms with Crippen LogP contribution in [0.3, 0.4) is 0 Å². The van der Waals surface area contributed by atoms with Gasteiger partial charge in [0.25, 0.3) is 0 Å². The van der Waals surface area contributed by atoms with Crippen molar-refractivity contribution in [2.75, 3.05) is 0 Å². The fourth-order valence-corrected chi connectivity index (χ4v) is 2.73. The van der Waals surface area contributed by atoms with Crippen molar-refractivity contribution in [1.29, 1.82) is 0 Å². The van der Waals surface area contributed by atoms with Gasteiger partial charge in [-0.15, -0.1) is 0 Å². The van der Waals surface area contributed by atoms with Crippen molar-refractivity contribution in [2.24, 2.45) is 7.05 Å². The zero-order chi connectivity index (χ0) is 18.3. The second kappa shape index (κ2) is 6.76. The fourth-order valence-electron chi connectivity index (χ4n) is 2.09. The summed E-state index contributed by atoms with van der Waals surface area (Å²) in [6.07, 6.45) is -1.82. The van der Waals surface area contributed by atoms with E-state index in [9.17, 15) is 22.8 Å². The van der Waals surface area contributed by atoms with Crippen LogP contribution >= 0.6 is 47.8 Å². The maximum Gasteiger partial charge on any atom is 0.416 e. The highest BCUT2D eigenvalue weighted by Crippen LogP contribution is 2.36. The third kappa shape index (κ3) is 4.18. The van der Waals surface area contributed by atoms with Crippen LogP contribution in [0.1, 0.15) is 15.9 Å². The molecule has 0 saturated carbocycles. The molecule has 2 aromatic rings. The first-order valence-electron chi connectivity index (χ1n) is 6.40. The molecule has 0 fully saturated rings. The standard InChI is InChI=1S/C15H9Br3F3NO2/c1-22-6-10(8-3-2-4-9(5-8)15(19,20)21)12(23)11(7-22)13(24)14(16,17)18/h2-7H,1H3. The highest BCUT2D eigenvalue weighted by Gasteiger charge is 2.33. The molecule has 0 saturated heterocycles. The van der Waals surface area contributed by atoms with Gasteiger partial charge in [0.15, 0.2) is 7.57 Å². The molecular formula is C15H9Br3F3NO2. The Kier molecular flexibility index (Phi) is 5.46. The average molecular weight is 532 g/mol. The van der Waals surface area contributed by atoms with Gasteiger partial charge in [-0.25, -0.2) is 0 Å². The fraction of sp³-hybridized carbons (Fsp3) is 0.200. The largest absolute Gasteiger partial charge is 0.416 e. The Bertz CT molecular complexity index is 854. The minimum absolute atomic E-state index is 0.00574. The number of rotatable bonds is 2. The molecule has 0 aliphatic heterocycles. The normalized spacial score (nSPS) is 12.3. The van der Waals surface area contributed by atoms with Gasteiger partial charge in [0.1, 0.15) is 0 Å². The quantitative estimate of drug-likeness (QED) is 0.400. The molecule has 0 spiro atoms. The van der Waals surface area contributed by atoms with E-state index in [0.29, 0.717) is 0 Å². The maximum atomic E-state index is 12.9. The molecule has 1 aromatic heterocycles. The van der Waals surface area contributed by atoms with E-state index in [2.05, 4.69) is 47.8 Å². The van der Waals surface area contributed by atoms with Crippen LogP contribution in [0.15, 0.2) is 41.5 Å². The van der Waals surface area contributed by atoms with Gasteiger partial charge in [-0.2, -0.15) is 13.2 Å². The number of pyridine rings is 1. The van der Waals surface area contributed by atoms with Gasteiger partial charge in [-0.1, -0.05) is 59.9 Å². The first-order valence-corrected chi connectivity index (χ1v) is 8.78. The Morgan fingerprint density at radius 2 is 1.75 bits per heavy atom. The van der Waals surface area contributed by atoms with Gasteiger partial charge < -0.3 is 4.57 Å². The van der Waals surface area contributed by atoms with Gasteiger partial charge in [-0.3, -0.25) is 9.59 Å². The van der Waals surface area contributed by atoms with Crippen molar-refractivity contribution in [3.05, 3.63) is 58.0 Å².